The smallest absolute Gasteiger partial charge is 0.143 e. The van der Waals surface area contributed by atoms with Crippen molar-refractivity contribution in [2.75, 3.05) is 7.11 Å². The molecule has 0 aliphatic rings. The van der Waals surface area contributed by atoms with Crippen molar-refractivity contribution in [3.63, 3.8) is 0 Å². The minimum absolute atomic E-state index is 0.0664. The van der Waals surface area contributed by atoms with Gasteiger partial charge in [0, 0.05) is 12.1 Å². The molecule has 0 radical (unpaired) electrons. The van der Waals surface area contributed by atoms with Gasteiger partial charge in [-0.1, -0.05) is 6.07 Å². The third-order valence-corrected chi connectivity index (χ3v) is 3.95. The van der Waals surface area contributed by atoms with E-state index >= 15 is 0 Å². The van der Waals surface area contributed by atoms with Crippen molar-refractivity contribution in [2.45, 2.75) is 6.54 Å². The summed E-state index contributed by atoms with van der Waals surface area (Å²) in [5.41, 5.74) is 5.90. The zero-order chi connectivity index (χ0) is 14.7. The van der Waals surface area contributed by atoms with Crippen LogP contribution in [-0.4, -0.2) is 7.11 Å². The molecule has 106 valence electrons. The van der Waals surface area contributed by atoms with Gasteiger partial charge in [0.15, 0.2) is 0 Å². The molecule has 0 saturated carbocycles. The van der Waals surface area contributed by atoms with E-state index in [1.807, 2.05) is 0 Å². The fourth-order valence-corrected chi connectivity index (χ4v) is 2.58. The van der Waals surface area contributed by atoms with Gasteiger partial charge < -0.3 is 15.2 Å². The molecule has 6 heteroatoms. The number of nitrogens with two attached hydrogens (primary N) is 1. The molecule has 0 spiro atoms. The lowest BCUT2D eigenvalue weighted by molar-refractivity contribution is 0.409. The summed E-state index contributed by atoms with van der Waals surface area (Å²) < 4.78 is 26.0. The normalized spacial score (nSPS) is 10.4. The molecule has 0 aliphatic carbocycles. The van der Waals surface area contributed by atoms with Crippen LogP contribution in [0.3, 0.4) is 0 Å². The number of rotatable bonds is 4. The SMILES string of the molecule is COc1cc(Br)c(Oc2cccc(F)c2CN)cc1Br. The quantitative estimate of drug-likeness (QED) is 0.809. The average molecular weight is 405 g/mol. The standard InChI is InChI=1S/C14H12Br2FNO2/c1-19-13-5-10(16)14(6-9(13)15)20-12-4-2-3-11(17)8(12)7-18/h2-6H,7,18H2,1H3. The second-order valence-corrected chi connectivity index (χ2v) is 5.65. The van der Waals surface area contributed by atoms with Crippen LogP contribution >= 0.6 is 31.9 Å². The van der Waals surface area contributed by atoms with E-state index in [1.54, 1.807) is 31.4 Å². The van der Waals surface area contributed by atoms with Gasteiger partial charge in [0.2, 0.25) is 0 Å². The van der Waals surface area contributed by atoms with E-state index < -0.39 is 0 Å². The molecular formula is C14H12Br2FNO2. The van der Waals surface area contributed by atoms with E-state index in [4.69, 9.17) is 15.2 Å². The Labute approximate surface area is 133 Å². The molecular weight excluding hydrogens is 393 g/mol. The Morgan fingerprint density at radius 3 is 2.40 bits per heavy atom. The third-order valence-electron chi connectivity index (χ3n) is 2.71. The molecule has 2 rings (SSSR count). The van der Waals surface area contributed by atoms with Gasteiger partial charge in [0.05, 0.1) is 16.1 Å². The predicted octanol–water partition coefficient (Wildman–Crippen LogP) is 4.61. The maximum atomic E-state index is 13.7. The molecule has 3 nitrogen and oxygen atoms in total. The monoisotopic (exact) mass is 403 g/mol. The van der Waals surface area contributed by atoms with Gasteiger partial charge in [-0.2, -0.15) is 0 Å². The highest BCUT2D eigenvalue weighted by molar-refractivity contribution is 9.11. The largest absolute Gasteiger partial charge is 0.496 e. The van der Waals surface area contributed by atoms with Gasteiger partial charge in [0.1, 0.15) is 23.1 Å². The van der Waals surface area contributed by atoms with Gasteiger partial charge >= 0.3 is 0 Å². The lowest BCUT2D eigenvalue weighted by Crippen LogP contribution is -2.02. The number of ether oxygens (including phenoxy) is 2. The summed E-state index contributed by atoms with van der Waals surface area (Å²) in [5, 5.41) is 0. The van der Waals surface area contributed by atoms with Crippen LogP contribution in [0.5, 0.6) is 17.2 Å². The summed E-state index contributed by atoms with van der Waals surface area (Å²) in [6, 6.07) is 8.12. The summed E-state index contributed by atoms with van der Waals surface area (Å²) in [6.07, 6.45) is 0. The Morgan fingerprint density at radius 2 is 1.75 bits per heavy atom. The van der Waals surface area contributed by atoms with E-state index in [1.165, 1.54) is 6.07 Å². The highest BCUT2D eigenvalue weighted by Gasteiger charge is 2.13. The van der Waals surface area contributed by atoms with Crippen molar-refractivity contribution in [1.82, 2.24) is 0 Å². The van der Waals surface area contributed by atoms with Crippen molar-refractivity contribution < 1.29 is 13.9 Å². The van der Waals surface area contributed by atoms with Crippen LogP contribution in [0, 0.1) is 5.82 Å². The molecule has 0 unspecified atom stereocenters. The summed E-state index contributed by atoms with van der Waals surface area (Å²) in [5.74, 6) is 1.22. The van der Waals surface area contributed by atoms with Gasteiger partial charge in [-0.15, -0.1) is 0 Å². The lowest BCUT2D eigenvalue weighted by Gasteiger charge is -2.13. The highest BCUT2D eigenvalue weighted by Crippen LogP contribution is 2.39. The lowest BCUT2D eigenvalue weighted by atomic mass is 10.2. The van der Waals surface area contributed by atoms with Gasteiger partial charge in [0.25, 0.3) is 0 Å². The van der Waals surface area contributed by atoms with Crippen LogP contribution in [0.15, 0.2) is 39.3 Å². The first-order chi connectivity index (χ1) is 9.56. The Bertz CT molecular complexity index is 635. The van der Waals surface area contributed by atoms with Crippen molar-refractivity contribution in [2.24, 2.45) is 5.73 Å². The predicted molar refractivity (Wildman–Crippen MR) is 82.8 cm³/mol. The van der Waals surface area contributed by atoms with Crippen LogP contribution in [-0.2, 0) is 6.54 Å². The van der Waals surface area contributed by atoms with Crippen molar-refractivity contribution >= 4 is 31.9 Å². The van der Waals surface area contributed by atoms with Crippen molar-refractivity contribution in [3.8, 4) is 17.2 Å². The molecule has 0 aromatic heterocycles. The summed E-state index contributed by atoms with van der Waals surface area (Å²) in [6.45, 7) is 0.0664. The molecule has 0 atom stereocenters. The first-order valence-corrected chi connectivity index (χ1v) is 7.33. The number of hydrogen-bond acceptors (Lipinski definition) is 3. The van der Waals surface area contributed by atoms with Crippen LogP contribution in [0.1, 0.15) is 5.56 Å². The molecule has 20 heavy (non-hydrogen) atoms. The summed E-state index contributed by atoms with van der Waals surface area (Å²) >= 11 is 6.77. The van der Waals surface area contributed by atoms with E-state index in [2.05, 4.69) is 31.9 Å². The summed E-state index contributed by atoms with van der Waals surface area (Å²) in [4.78, 5) is 0. The number of halogens is 3. The number of methoxy groups -OCH3 is 1. The molecule has 2 N–H and O–H groups in total. The minimum Gasteiger partial charge on any atom is -0.496 e. The third kappa shape index (κ3) is 3.13. The fourth-order valence-electron chi connectivity index (χ4n) is 1.70. The van der Waals surface area contributed by atoms with Crippen LogP contribution < -0.4 is 15.2 Å². The van der Waals surface area contributed by atoms with Gasteiger partial charge in [-0.05, 0) is 56.1 Å². The second kappa shape index (κ2) is 6.56. The zero-order valence-corrected chi connectivity index (χ0v) is 13.8. The first-order valence-electron chi connectivity index (χ1n) is 5.75. The molecule has 0 saturated heterocycles. The maximum absolute atomic E-state index is 13.7. The summed E-state index contributed by atoms with van der Waals surface area (Å²) in [7, 11) is 1.58. The Kier molecular flexibility index (Phi) is 5.01. The Balaban J connectivity index is 2.40. The molecule has 0 fully saturated rings. The maximum Gasteiger partial charge on any atom is 0.143 e. The molecule has 0 heterocycles. The average Bonchev–Trinajstić information content (AvgIpc) is 2.42. The van der Waals surface area contributed by atoms with Crippen LogP contribution in [0.2, 0.25) is 0 Å². The molecule has 0 bridgehead atoms. The Hall–Kier alpha value is -1.11. The molecule has 0 amide bonds. The van der Waals surface area contributed by atoms with Gasteiger partial charge in [-0.25, -0.2) is 4.39 Å². The fraction of sp³-hybridized carbons (Fsp3) is 0.143. The number of hydrogen-bond donors (Lipinski definition) is 1. The van der Waals surface area contributed by atoms with E-state index in [9.17, 15) is 4.39 Å². The van der Waals surface area contributed by atoms with Crippen molar-refractivity contribution in [3.05, 3.63) is 50.7 Å². The van der Waals surface area contributed by atoms with E-state index in [0.717, 1.165) is 4.47 Å². The van der Waals surface area contributed by atoms with E-state index in [-0.39, 0.29) is 12.4 Å². The molecule has 2 aromatic carbocycles. The van der Waals surface area contributed by atoms with E-state index in [0.29, 0.717) is 27.3 Å². The number of benzene rings is 2. The molecule has 2 aromatic rings. The highest BCUT2D eigenvalue weighted by atomic mass is 79.9. The zero-order valence-electron chi connectivity index (χ0n) is 10.6. The second-order valence-electron chi connectivity index (χ2n) is 3.94. The van der Waals surface area contributed by atoms with Crippen LogP contribution in [0.25, 0.3) is 0 Å². The van der Waals surface area contributed by atoms with Crippen molar-refractivity contribution in [1.29, 1.82) is 0 Å². The minimum atomic E-state index is -0.381. The Morgan fingerprint density at radius 1 is 1.10 bits per heavy atom. The van der Waals surface area contributed by atoms with Crippen LogP contribution in [0.4, 0.5) is 4.39 Å². The van der Waals surface area contributed by atoms with Gasteiger partial charge in [-0.3, -0.25) is 0 Å². The topological polar surface area (TPSA) is 44.5 Å². The molecule has 0 aliphatic heterocycles. The first kappa shape index (κ1) is 15.3.